The van der Waals surface area contributed by atoms with Gasteiger partial charge in [-0.15, -0.1) is 0 Å². The molecule has 0 aliphatic rings. The third-order valence-electron chi connectivity index (χ3n) is 2.64. The molecular weight excluding hydrogens is 382 g/mol. The van der Waals surface area contributed by atoms with Gasteiger partial charge in [-0.1, -0.05) is 35.3 Å². The van der Waals surface area contributed by atoms with E-state index in [0.717, 1.165) is 20.5 Å². The monoisotopic (exact) mass is 388 g/mol. The van der Waals surface area contributed by atoms with Gasteiger partial charge in [0.2, 0.25) is 0 Å². The van der Waals surface area contributed by atoms with Crippen LogP contribution in [0, 0.1) is 3.57 Å². The largest absolute Gasteiger partial charge is 0.337 e. The number of imidazole rings is 1. The molecule has 0 unspecified atom stereocenters. The molecule has 2 nitrogen and oxygen atoms in total. The Hall–Kier alpha value is -0.780. The van der Waals surface area contributed by atoms with Crippen molar-refractivity contribution < 1.29 is 0 Å². The molecule has 0 fully saturated rings. The lowest BCUT2D eigenvalue weighted by Crippen LogP contribution is -1.80. The van der Waals surface area contributed by atoms with Crippen molar-refractivity contribution >= 4 is 56.8 Å². The van der Waals surface area contributed by atoms with Crippen molar-refractivity contribution in [3.05, 3.63) is 50.0 Å². The van der Waals surface area contributed by atoms with Crippen LogP contribution in [0.3, 0.4) is 0 Å². The van der Waals surface area contributed by atoms with Gasteiger partial charge in [0.25, 0.3) is 0 Å². The van der Waals surface area contributed by atoms with E-state index in [0.29, 0.717) is 15.6 Å². The molecule has 0 radical (unpaired) electrons. The van der Waals surface area contributed by atoms with Crippen molar-refractivity contribution in [2.45, 2.75) is 0 Å². The molecule has 0 saturated carbocycles. The van der Waals surface area contributed by atoms with Crippen molar-refractivity contribution in [3.8, 4) is 11.4 Å². The van der Waals surface area contributed by atoms with Crippen molar-refractivity contribution in [3.63, 3.8) is 0 Å². The summed E-state index contributed by atoms with van der Waals surface area (Å²) in [6.45, 7) is 0. The van der Waals surface area contributed by atoms with Gasteiger partial charge in [0.05, 0.1) is 15.6 Å². The lowest BCUT2D eigenvalue weighted by Gasteiger charge is -1.96. The van der Waals surface area contributed by atoms with Gasteiger partial charge in [-0.05, 0) is 46.9 Å². The Morgan fingerprint density at radius 2 is 1.83 bits per heavy atom. The van der Waals surface area contributed by atoms with E-state index in [2.05, 4.69) is 38.6 Å². The van der Waals surface area contributed by atoms with Gasteiger partial charge < -0.3 is 4.98 Å². The Kier molecular flexibility index (Phi) is 3.21. The molecule has 1 heterocycles. The molecule has 0 aliphatic carbocycles. The predicted octanol–water partition coefficient (Wildman–Crippen LogP) is 5.14. The van der Waals surface area contributed by atoms with Gasteiger partial charge in [0.1, 0.15) is 11.3 Å². The minimum absolute atomic E-state index is 0.600. The van der Waals surface area contributed by atoms with Crippen LogP contribution in [0.15, 0.2) is 36.4 Å². The van der Waals surface area contributed by atoms with Gasteiger partial charge in [0, 0.05) is 9.13 Å². The zero-order valence-electron chi connectivity index (χ0n) is 9.05. The SMILES string of the molecule is Clc1ccc(Cl)c2[nH]c(-c3cccc(I)c3)nc12. The molecular formula is C13H7Cl2IN2. The third-order valence-corrected chi connectivity index (χ3v) is 3.93. The molecule has 0 atom stereocenters. The molecule has 1 N–H and O–H groups in total. The molecule has 5 heteroatoms. The molecule has 18 heavy (non-hydrogen) atoms. The number of benzene rings is 2. The van der Waals surface area contributed by atoms with Gasteiger partial charge in [0.15, 0.2) is 0 Å². The van der Waals surface area contributed by atoms with Crippen LogP contribution in [-0.2, 0) is 0 Å². The van der Waals surface area contributed by atoms with Gasteiger partial charge >= 0.3 is 0 Å². The second-order valence-electron chi connectivity index (χ2n) is 3.85. The van der Waals surface area contributed by atoms with Crippen LogP contribution in [0.25, 0.3) is 22.4 Å². The molecule has 2 aromatic carbocycles. The van der Waals surface area contributed by atoms with Crippen molar-refractivity contribution in [2.75, 3.05) is 0 Å². The van der Waals surface area contributed by atoms with E-state index in [-0.39, 0.29) is 0 Å². The van der Waals surface area contributed by atoms with Crippen LogP contribution in [0.1, 0.15) is 0 Å². The fourth-order valence-electron chi connectivity index (χ4n) is 1.80. The molecule has 90 valence electrons. The summed E-state index contributed by atoms with van der Waals surface area (Å²) in [7, 11) is 0. The smallest absolute Gasteiger partial charge is 0.138 e. The highest BCUT2D eigenvalue weighted by Gasteiger charge is 2.10. The Labute approximate surface area is 127 Å². The van der Waals surface area contributed by atoms with Gasteiger partial charge in [-0.2, -0.15) is 0 Å². The minimum atomic E-state index is 0.600. The highest BCUT2D eigenvalue weighted by Crippen LogP contribution is 2.30. The number of nitrogens with zero attached hydrogens (tertiary/aromatic N) is 1. The molecule has 0 aliphatic heterocycles. The van der Waals surface area contributed by atoms with Crippen molar-refractivity contribution in [1.82, 2.24) is 9.97 Å². The molecule has 3 aromatic rings. The second kappa shape index (κ2) is 4.72. The van der Waals surface area contributed by atoms with E-state index in [1.807, 2.05) is 18.2 Å². The fourth-order valence-corrected chi connectivity index (χ4v) is 2.74. The van der Waals surface area contributed by atoms with Gasteiger partial charge in [-0.25, -0.2) is 4.98 Å². The van der Waals surface area contributed by atoms with E-state index in [9.17, 15) is 0 Å². The van der Waals surface area contributed by atoms with Crippen LogP contribution in [0.4, 0.5) is 0 Å². The topological polar surface area (TPSA) is 28.7 Å². The highest BCUT2D eigenvalue weighted by molar-refractivity contribution is 14.1. The molecule has 3 rings (SSSR count). The number of fused-ring (bicyclic) bond motifs is 1. The first kappa shape index (κ1) is 12.3. The Bertz CT molecular complexity index is 698. The first-order valence-corrected chi connectivity index (χ1v) is 7.08. The van der Waals surface area contributed by atoms with E-state index in [1.165, 1.54) is 0 Å². The second-order valence-corrected chi connectivity index (χ2v) is 5.91. The minimum Gasteiger partial charge on any atom is -0.337 e. The Morgan fingerprint density at radius 3 is 2.56 bits per heavy atom. The summed E-state index contributed by atoms with van der Waals surface area (Å²) in [4.78, 5) is 7.73. The Morgan fingerprint density at radius 1 is 1.06 bits per heavy atom. The van der Waals surface area contributed by atoms with Gasteiger partial charge in [-0.3, -0.25) is 0 Å². The number of hydrogen-bond acceptors (Lipinski definition) is 1. The molecule has 0 spiro atoms. The van der Waals surface area contributed by atoms with Crippen LogP contribution < -0.4 is 0 Å². The summed E-state index contributed by atoms with van der Waals surface area (Å²) in [6, 6.07) is 11.6. The zero-order chi connectivity index (χ0) is 12.7. The lowest BCUT2D eigenvalue weighted by atomic mass is 10.2. The van der Waals surface area contributed by atoms with E-state index >= 15 is 0 Å². The summed E-state index contributed by atoms with van der Waals surface area (Å²) in [5.74, 6) is 0.776. The van der Waals surface area contributed by atoms with Crippen LogP contribution in [-0.4, -0.2) is 9.97 Å². The number of aromatic nitrogens is 2. The maximum absolute atomic E-state index is 6.13. The number of hydrogen-bond donors (Lipinski definition) is 1. The highest BCUT2D eigenvalue weighted by atomic mass is 127. The van der Waals surface area contributed by atoms with Crippen LogP contribution in [0.5, 0.6) is 0 Å². The number of nitrogens with one attached hydrogen (secondary N) is 1. The first-order chi connectivity index (χ1) is 8.65. The maximum Gasteiger partial charge on any atom is 0.138 e. The van der Waals surface area contributed by atoms with Crippen LogP contribution >= 0.6 is 45.8 Å². The number of halogens is 3. The van der Waals surface area contributed by atoms with Crippen molar-refractivity contribution in [2.24, 2.45) is 0 Å². The molecule has 0 amide bonds. The normalized spacial score (nSPS) is 11.1. The Balaban J connectivity index is 2.26. The third kappa shape index (κ3) is 2.11. The molecule has 0 bridgehead atoms. The summed E-state index contributed by atoms with van der Waals surface area (Å²) in [6.07, 6.45) is 0. The lowest BCUT2D eigenvalue weighted by molar-refractivity contribution is 1.33. The van der Waals surface area contributed by atoms with E-state index in [1.54, 1.807) is 12.1 Å². The average Bonchev–Trinajstić information content (AvgIpc) is 2.80. The summed E-state index contributed by atoms with van der Waals surface area (Å²) in [5.41, 5.74) is 2.50. The predicted molar refractivity (Wildman–Crippen MR) is 84.3 cm³/mol. The molecule has 0 saturated heterocycles. The fraction of sp³-hybridized carbons (Fsp3) is 0. The number of aromatic amines is 1. The van der Waals surface area contributed by atoms with E-state index < -0.39 is 0 Å². The van der Waals surface area contributed by atoms with E-state index in [4.69, 9.17) is 23.2 Å². The molecule has 1 aromatic heterocycles. The summed E-state index contributed by atoms with van der Waals surface area (Å²) < 4.78 is 1.16. The average molecular weight is 389 g/mol. The first-order valence-electron chi connectivity index (χ1n) is 5.25. The number of H-pyrrole nitrogens is 1. The summed E-state index contributed by atoms with van der Waals surface area (Å²) in [5, 5.41) is 1.22. The zero-order valence-corrected chi connectivity index (χ0v) is 12.7. The number of rotatable bonds is 1. The quantitative estimate of drug-likeness (QED) is 0.574. The maximum atomic E-state index is 6.13. The standard InChI is InChI=1S/C13H7Cl2IN2/c14-9-4-5-10(15)12-11(9)17-13(18-12)7-2-1-3-8(16)6-7/h1-6H,(H,17,18). The van der Waals surface area contributed by atoms with Crippen LogP contribution in [0.2, 0.25) is 10.0 Å². The van der Waals surface area contributed by atoms with Crippen molar-refractivity contribution in [1.29, 1.82) is 0 Å². The summed E-state index contributed by atoms with van der Waals surface area (Å²) >= 11 is 14.5.